The summed E-state index contributed by atoms with van der Waals surface area (Å²) >= 11 is 0. The van der Waals surface area contributed by atoms with Crippen molar-refractivity contribution in [1.29, 1.82) is 0 Å². The third kappa shape index (κ3) is 5.02. The summed E-state index contributed by atoms with van der Waals surface area (Å²) in [6.07, 6.45) is 0. The lowest BCUT2D eigenvalue weighted by molar-refractivity contribution is 0.774. The molecule has 0 saturated heterocycles. The van der Waals surface area contributed by atoms with Crippen LogP contribution in [0.5, 0.6) is 0 Å². The first-order chi connectivity index (χ1) is 31.2. The lowest BCUT2D eigenvalue weighted by atomic mass is 9.61. The molecular formula is C60H41N3. The number of rotatable bonds is 6. The molecule has 1 heterocycles. The minimum absolute atomic E-state index is 0.678. The van der Waals surface area contributed by atoms with Gasteiger partial charge in [-0.1, -0.05) is 152 Å². The fourth-order valence-corrected chi connectivity index (χ4v) is 11.2. The fraction of sp³-hybridized carbons (Fsp3) is 0.0333. The molecule has 2 aliphatic rings. The summed E-state index contributed by atoms with van der Waals surface area (Å²) in [5, 5.41) is 5.11. The minimum Gasteiger partial charge on any atom is -0.343 e. The monoisotopic (exact) mass is 803 g/mol. The number of hydrogen-bond acceptors (Lipinski definition) is 2. The van der Waals surface area contributed by atoms with Crippen LogP contribution in [0.3, 0.4) is 0 Å². The van der Waals surface area contributed by atoms with Gasteiger partial charge in [-0.25, -0.2) is 0 Å². The molecule has 0 amide bonds. The van der Waals surface area contributed by atoms with Gasteiger partial charge in [-0.15, -0.1) is 0 Å². The molecule has 0 saturated carbocycles. The van der Waals surface area contributed by atoms with Crippen LogP contribution in [0.1, 0.15) is 22.3 Å². The van der Waals surface area contributed by atoms with E-state index in [-0.39, 0.29) is 0 Å². The van der Waals surface area contributed by atoms with Gasteiger partial charge in [0.2, 0.25) is 0 Å². The number of aromatic nitrogens is 1. The number of hydrogen-bond donors (Lipinski definition) is 0. The van der Waals surface area contributed by atoms with Gasteiger partial charge in [0.25, 0.3) is 0 Å². The smallest absolute Gasteiger partial charge is 0.0728 e. The van der Waals surface area contributed by atoms with Crippen molar-refractivity contribution in [2.45, 2.75) is 5.41 Å². The van der Waals surface area contributed by atoms with E-state index in [1.807, 2.05) is 0 Å². The van der Waals surface area contributed by atoms with Gasteiger partial charge in [-0.05, 0) is 129 Å². The summed E-state index contributed by atoms with van der Waals surface area (Å²) in [6, 6.07) is 85.2. The van der Waals surface area contributed by atoms with Gasteiger partial charge in [-0.2, -0.15) is 0 Å². The first-order valence-corrected chi connectivity index (χ1v) is 21.8. The molecule has 3 heteroatoms. The van der Waals surface area contributed by atoms with Crippen molar-refractivity contribution in [3.63, 3.8) is 0 Å². The van der Waals surface area contributed by atoms with E-state index in [2.05, 4.69) is 252 Å². The molecule has 1 aromatic heterocycles. The van der Waals surface area contributed by atoms with Crippen LogP contribution >= 0.6 is 0 Å². The third-order valence-electron chi connectivity index (χ3n) is 13.7. The van der Waals surface area contributed by atoms with Crippen LogP contribution in [-0.2, 0) is 12.5 Å². The molecule has 0 N–H and O–H groups in total. The molecule has 13 rings (SSSR count). The number of anilines is 6. The number of benzene rings is 10. The van der Waals surface area contributed by atoms with Crippen LogP contribution in [0, 0.1) is 0 Å². The summed E-state index contributed by atoms with van der Waals surface area (Å²) in [4.78, 5) is 4.81. The van der Waals surface area contributed by atoms with Crippen LogP contribution in [0.15, 0.2) is 231 Å². The molecule has 0 fully saturated rings. The molecule has 0 bridgehead atoms. The van der Waals surface area contributed by atoms with Gasteiger partial charge >= 0.3 is 0 Å². The zero-order chi connectivity index (χ0) is 41.6. The molecule has 3 nitrogen and oxygen atoms in total. The molecule has 11 aromatic rings. The average Bonchev–Trinajstić information content (AvgIpc) is 3.80. The summed E-state index contributed by atoms with van der Waals surface area (Å²) in [7, 11) is 2.25. The Morgan fingerprint density at radius 2 is 0.841 bits per heavy atom. The first kappa shape index (κ1) is 35.6. The van der Waals surface area contributed by atoms with Crippen molar-refractivity contribution in [2.75, 3.05) is 9.80 Å². The average molecular weight is 804 g/mol. The standard InChI is InChI=1S/C60H41N3/c1-61-56-31-15-14-28-49(56)50-36-37-53-58(59(50)61)51-29-16-18-40-19-17-30-52(57(40)51)60(53)54-38-45(62(41-20-6-2-7-21-41)42-22-8-3-9-23-42)32-34-47(54)48-35-33-46(39-55(48)60)63(43-24-10-4-11-25-43)44-26-12-5-13-27-44/h2-39H,1H3. The number of aryl methyl sites for hydroxylation is 1. The molecule has 0 radical (unpaired) electrons. The Bertz CT molecular complexity index is 3360. The Labute approximate surface area is 367 Å². The predicted molar refractivity (Wildman–Crippen MR) is 264 cm³/mol. The van der Waals surface area contributed by atoms with E-state index in [4.69, 9.17) is 0 Å². The molecule has 10 aromatic carbocycles. The Kier molecular flexibility index (Phi) is 7.73. The van der Waals surface area contributed by atoms with Crippen LogP contribution in [0.4, 0.5) is 34.1 Å². The number of fused-ring (bicyclic) bond motifs is 13. The van der Waals surface area contributed by atoms with E-state index in [0.717, 1.165) is 34.1 Å². The largest absolute Gasteiger partial charge is 0.343 e. The van der Waals surface area contributed by atoms with Crippen LogP contribution in [-0.4, -0.2) is 4.57 Å². The summed E-state index contributed by atoms with van der Waals surface area (Å²) < 4.78 is 2.44. The second-order valence-corrected chi connectivity index (χ2v) is 16.9. The summed E-state index contributed by atoms with van der Waals surface area (Å²) in [5.41, 5.74) is 18.8. The Balaban J connectivity index is 1.19. The maximum atomic E-state index is 2.50. The van der Waals surface area contributed by atoms with Crippen LogP contribution in [0.2, 0.25) is 0 Å². The first-order valence-electron chi connectivity index (χ1n) is 21.8. The topological polar surface area (TPSA) is 11.4 Å². The van der Waals surface area contributed by atoms with Gasteiger partial charge in [-0.3, -0.25) is 0 Å². The van der Waals surface area contributed by atoms with Gasteiger partial charge in [0, 0.05) is 63.0 Å². The van der Waals surface area contributed by atoms with Gasteiger partial charge in [0.05, 0.1) is 10.9 Å². The summed E-state index contributed by atoms with van der Waals surface area (Å²) in [6.45, 7) is 0. The minimum atomic E-state index is -0.678. The molecule has 0 atom stereocenters. The third-order valence-corrected chi connectivity index (χ3v) is 13.7. The van der Waals surface area contributed by atoms with Gasteiger partial charge in [0.15, 0.2) is 0 Å². The van der Waals surface area contributed by atoms with Crippen molar-refractivity contribution in [3.05, 3.63) is 253 Å². The van der Waals surface area contributed by atoms with Crippen molar-refractivity contribution >= 4 is 66.7 Å². The lowest BCUT2D eigenvalue weighted by Gasteiger charge is -2.41. The highest BCUT2D eigenvalue weighted by Crippen LogP contribution is 2.64. The van der Waals surface area contributed by atoms with E-state index in [9.17, 15) is 0 Å². The van der Waals surface area contributed by atoms with Crippen LogP contribution in [0.25, 0.3) is 54.8 Å². The number of para-hydroxylation sites is 5. The van der Waals surface area contributed by atoms with Gasteiger partial charge in [0.1, 0.15) is 0 Å². The quantitative estimate of drug-likeness (QED) is 0.166. The second kappa shape index (κ2) is 13.7. The van der Waals surface area contributed by atoms with E-state index in [0.29, 0.717) is 0 Å². The SMILES string of the molecule is Cn1c2ccccc2c2ccc3c(c21)-c1cccc2cccc(c12)C31c2cc(N(c3ccccc3)c3ccccc3)ccc2-c2ccc(N(c3ccccc3)c3ccccc3)cc21. The lowest BCUT2D eigenvalue weighted by Crippen LogP contribution is -2.32. The van der Waals surface area contributed by atoms with E-state index in [1.165, 1.54) is 77.1 Å². The van der Waals surface area contributed by atoms with Crippen molar-refractivity contribution in [1.82, 2.24) is 4.57 Å². The Morgan fingerprint density at radius 1 is 0.349 bits per heavy atom. The molecule has 296 valence electrons. The number of nitrogens with zero attached hydrogens (tertiary/aromatic N) is 3. The molecule has 1 spiro atoms. The van der Waals surface area contributed by atoms with E-state index >= 15 is 0 Å². The van der Waals surface area contributed by atoms with Gasteiger partial charge < -0.3 is 14.4 Å². The highest BCUT2D eigenvalue weighted by molar-refractivity contribution is 6.18. The zero-order valence-electron chi connectivity index (χ0n) is 34.8. The maximum Gasteiger partial charge on any atom is 0.0728 e. The normalized spacial score (nSPS) is 13.0. The summed E-state index contributed by atoms with van der Waals surface area (Å²) in [5.74, 6) is 0. The maximum absolute atomic E-state index is 2.50. The second-order valence-electron chi connectivity index (χ2n) is 16.9. The molecule has 63 heavy (non-hydrogen) atoms. The molecule has 2 aliphatic carbocycles. The van der Waals surface area contributed by atoms with Crippen molar-refractivity contribution in [2.24, 2.45) is 7.05 Å². The molecule has 0 unspecified atom stereocenters. The van der Waals surface area contributed by atoms with Crippen molar-refractivity contribution in [3.8, 4) is 22.3 Å². The van der Waals surface area contributed by atoms with Crippen molar-refractivity contribution < 1.29 is 0 Å². The Hall–Kier alpha value is -8.14. The Morgan fingerprint density at radius 3 is 1.38 bits per heavy atom. The highest BCUT2D eigenvalue weighted by Gasteiger charge is 2.51. The van der Waals surface area contributed by atoms with Crippen LogP contribution < -0.4 is 9.80 Å². The van der Waals surface area contributed by atoms with E-state index in [1.54, 1.807) is 0 Å². The highest BCUT2D eigenvalue weighted by atomic mass is 15.1. The molecule has 0 aliphatic heterocycles. The van der Waals surface area contributed by atoms with E-state index < -0.39 is 5.41 Å². The predicted octanol–water partition coefficient (Wildman–Crippen LogP) is 15.8. The fourth-order valence-electron chi connectivity index (χ4n) is 11.2. The zero-order valence-corrected chi connectivity index (χ0v) is 34.8. The molecular weight excluding hydrogens is 763 g/mol.